The van der Waals surface area contributed by atoms with E-state index < -0.39 is 0 Å². The Morgan fingerprint density at radius 1 is 1.16 bits per heavy atom. The van der Waals surface area contributed by atoms with Crippen LogP contribution in [0.2, 0.25) is 0 Å². The van der Waals surface area contributed by atoms with Crippen molar-refractivity contribution in [2.24, 2.45) is 0 Å². The predicted molar refractivity (Wildman–Crippen MR) is 120 cm³/mol. The fraction of sp³-hybridized carbons (Fsp3) is 0.250. The van der Waals surface area contributed by atoms with Gasteiger partial charge >= 0.3 is 0 Å². The Bertz CT molecular complexity index is 1240. The van der Waals surface area contributed by atoms with Crippen LogP contribution in [0.1, 0.15) is 12.8 Å². The molecule has 0 saturated carbocycles. The highest BCUT2D eigenvalue weighted by atomic mass is 32.1. The quantitative estimate of drug-likeness (QED) is 0.418. The van der Waals surface area contributed by atoms with Crippen LogP contribution in [-0.2, 0) is 9.53 Å². The molecule has 1 aliphatic heterocycles. The molecule has 1 fully saturated rings. The van der Waals surface area contributed by atoms with Gasteiger partial charge < -0.3 is 9.47 Å². The first-order chi connectivity index (χ1) is 15.2. The Balaban J connectivity index is 1.37. The first kappa shape index (κ1) is 19.9. The predicted octanol–water partition coefficient (Wildman–Crippen LogP) is 5.18. The highest BCUT2D eigenvalue weighted by molar-refractivity contribution is 7.22. The second-order valence-electron chi connectivity index (χ2n) is 7.55. The first-order valence-electron chi connectivity index (χ1n) is 10.3. The molecular formula is C24H21FN2O3S. The van der Waals surface area contributed by atoms with Crippen molar-refractivity contribution in [3.8, 4) is 5.75 Å². The molecule has 158 valence electrons. The van der Waals surface area contributed by atoms with Crippen LogP contribution in [-0.4, -0.2) is 36.8 Å². The Kier molecular flexibility index (Phi) is 5.53. The summed E-state index contributed by atoms with van der Waals surface area (Å²) in [6.45, 7) is 0.989. The largest absolute Gasteiger partial charge is 0.484 e. The van der Waals surface area contributed by atoms with E-state index >= 15 is 0 Å². The number of fused-ring (bicyclic) bond motifs is 2. The maximum absolute atomic E-state index is 13.6. The lowest BCUT2D eigenvalue weighted by Gasteiger charge is -2.23. The van der Waals surface area contributed by atoms with Gasteiger partial charge in [-0.15, -0.1) is 0 Å². The summed E-state index contributed by atoms with van der Waals surface area (Å²) >= 11 is 1.30. The molecule has 0 radical (unpaired) electrons. The molecule has 1 atom stereocenters. The van der Waals surface area contributed by atoms with E-state index in [9.17, 15) is 9.18 Å². The van der Waals surface area contributed by atoms with Crippen molar-refractivity contribution in [2.45, 2.75) is 18.9 Å². The number of hydrogen-bond donors (Lipinski definition) is 0. The molecule has 31 heavy (non-hydrogen) atoms. The van der Waals surface area contributed by atoms with Crippen LogP contribution < -0.4 is 9.64 Å². The number of thiazole rings is 1. The van der Waals surface area contributed by atoms with Crippen molar-refractivity contribution in [1.82, 2.24) is 4.98 Å². The van der Waals surface area contributed by atoms with E-state index in [0.717, 1.165) is 23.6 Å². The molecule has 3 aromatic carbocycles. The lowest BCUT2D eigenvalue weighted by molar-refractivity contribution is -0.120. The third-order valence-corrected chi connectivity index (χ3v) is 6.41. The normalized spacial score (nSPS) is 16.1. The highest BCUT2D eigenvalue weighted by Crippen LogP contribution is 2.31. The van der Waals surface area contributed by atoms with Gasteiger partial charge in [-0.3, -0.25) is 9.69 Å². The van der Waals surface area contributed by atoms with E-state index in [1.165, 1.54) is 23.5 Å². The molecule has 2 heterocycles. The molecule has 5 nitrogen and oxygen atoms in total. The molecular weight excluding hydrogens is 415 g/mol. The topological polar surface area (TPSA) is 51.7 Å². The molecule has 0 bridgehead atoms. The Morgan fingerprint density at radius 2 is 2.03 bits per heavy atom. The van der Waals surface area contributed by atoms with E-state index in [0.29, 0.717) is 34.2 Å². The van der Waals surface area contributed by atoms with Gasteiger partial charge in [-0.25, -0.2) is 9.37 Å². The van der Waals surface area contributed by atoms with Crippen LogP contribution in [0.4, 0.5) is 9.52 Å². The minimum absolute atomic E-state index is 0.0339. The lowest BCUT2D eigenvalue weighted by atomic mass is 10.1. The molecule has 0 N–H and O–H groups in total. The van der Waals surface area contributed by atoms with Crippen molar-refractivity contribution in [1.29, 1.82) is 0 Å². The first-order valence-corrected chi connectivity index (χ1v) is 11.1. The number of ether oxygens (including phenoxy) is 2. The summed E-state index contributed by atoms with van der Waals surface area (Å²) in [5.74, 6) is 0.109. The number of hydrogen-bond acceptors (Lipinski definition) is 5. The summed E-state index contributed by atoms with van der Waals surface area (Å²) < 4.78 is 25.9. The van der Waals surface area contributed by atoms with Gasteiger partial charge in [0.2, 0.25) is 0 Å². The van der Waals surface area contributed by atoms with Gasteiger partial charge in [0, 0.05) is 6.61 Å². The molecule has 1 aliphatic rings. The SMILES string of the molecule is O=C(COc1ccc2ccccc2c1)N(CC1CCCO1)c1nc2ccc(F)cc2s1. The average molecular weight is 437 g/mol. The summed E-state index contributed by atoms with van der Waals surface area (Å²) in [6.07, 6.45) is 1.84. The number of nitrogens with zero attached hydrogens (tertiary/aromatic N) is 2. The molecule has 4 aromatic rings. The number of benzene rings is 3. The van der Waals surface area contributed by atoms with Gasteiger partial charge in [0.05, 0.1) is 22.9 Å². The zero-order valence-corrected chi connectivity index (χ0v) is 17.6. The number of carbonyl (C=O) groups excluding carboxylic acids is 1. The number of rotatable bonds is 6. The van der Waals surface area contributed by atoms with Crippen molar-refractivity contribution >= 4 is 43.4 Å². The molecule has 0 aliphatic carbocycles. The standard InChI is InChI=1S/C24H21FN2O3S/c25-18-8-10-21-22(13-18)31-24(26-21)27(14-20-6-3-11-29-20)23(28)15-30-19-9-7-16-4-1-2-5-17(16)12-19/h1-2,4-5,7-10,12-13,20H,3,6,11,14-15H2. The maximum atomic E-state index is 13.6. The molecule has 1 saturated heterocycles. The van der Waals surface area contributed by atoms with Crippen molar-refractivity contribution < 1.29 is 18.7 Å². The van der Waals surface area contributed by atoms with Crippen molar-refractivity contribution in [3.05, 3.63) is 66.5 Å². The molecule has 5 rings (SSSR count). The number of halogens is 1. The van der Waals surface area contributed by atoms with Crippen LogP contribution in [0.5, 0.6) is 5.75 Å². The Morgan fingerprint density at radius 3 is 2.87 bits per heavy atom. The lowest BCUT2D eigenvalue weighted by Crippen LogP contribution is -2.40. The summed E-state index contributed by atoms with van der Waals surface area (Å²) in [7, 11) is 0. The zero-order valence-electron chi connectivity index (χ0n) is 16.8. The monoisotopic (exact) mass is 436 g/mol. The second kappa shape index (κ2) is 8.61. The van der Waals surface area contributed by atoms with Gasteiger partial charge in [0.25, 0.3) is 5.91 Å². The fourth-order valence-corrected chi connectivity index (χ4v) is 4.78. The van der Waals surface area contributed by atoms with Crippen LogP contribution in [0, 0.1) is 5.82 Å². The van der Waals surface area contributed by atoms with Gasteiger partial charge in [-0.2, -0.15) is 0 Å². The molecule has 1 amide bonds. The van der Waals surface area contributed by atoms with Crippen LogP contribution in [0.25, 0.3) is 21.0 Å². The number of aromatic nitrogens is 1. The highest BCUT2D eigenvalue weighted by Gasteiger charge is 2.26. The molecule has 1 aromatic heterocycles. The molecule has 0 spiro atoms. The average Bonchev–Trinajstić information content (AvgIpc) is 3.45. The van der Waals surface area contributed by atoms with E-state index in [1.54, 1.807) is 11.0 Å². The zero-order chi connectivity index (χ0) is 21.2. The van der Waals surface area contributed by atoms with Gasteiger partial charge in [0.15, 0.2) is 11.7 Å². The number of carbonyl (C=O) groups is 1. The van der Waals surface area contributed by atoms with Crippen LogP contribution in [0.3, 0.4) is 0 Å². The van der Waals surface area contributed by atoms with Gasteiger partial charge in [0.1, 0.15) is 11.6 Å². The summed E-state index contributed by atoms with van der Waals surface area (Å²) in [4.78, 5) is 19.3. The third kappa shape index (κ3) is 4.38. The molecule has 7 heteroatoms. The van der Waals surface area contributed by atoms with E-state index in [4.69, 9.17) is 9.47 Å². The fourth-order valence-electron chi connectivity index (χ4n) is 3.76. The number of anilines is 1. The maximum Gasteiger partial charge on any atom is 0.266 e. The Labute approximate surface area is 183 Å². The third-order valence-electron chi connectivity index (χ3n) is 5.36. The second-order valence-corrected chi connectivity index (χ2v) is 8.55. The summed E-state index contributed by atoms with van der Waals surface area (Å²) in [5.41, 5.74) is 0.669. The molecule has 1 unspecified atom stereocenters. The summed E-state index contributed by atoms with van der Waals surface area (Å²) in [5, 5.41) is 2.70. The minimum Gasteiger partial charge on any atom is -0.484 e. The van der Waals surface area contributed by atoms with Crippen LogP contribution >= 0.6 is 11.3 Å². The number of amides is 1. The van der Waals surface area contributed by atoms with Gasteiger partial charge in [-0.05, 0) is 53.9 Å². The van der Waals surface area contributed by atoms with E-state index in [2.05, 4.69) is 4.98 Å². The van der Waals surface area contributed by atoms with E-state index in [1.807, 2.05) is 42.5 Å². The van der Waals surface area contributed by atoms with Gasteiger partial charge in [-0.1, -0.05) is 41.7 Å². The summed E-state index contributed by atoms with van der Waals surface area (Å²) in [6, 6.07) is 18.2. The smallest absolute Gasteiger partial charge is 0.266 e. The van der Waals surface area contributed by atoms with Crippen molar-refractivity contribution in [2.75, 3.05) is 24.7 Å². The van der Waals surface area contributed by atoms with E-state index in [-0.39, 0.29) is 24.4 Å². The minimum atomic E-state index is -0.320. The van der Waals surface area contributed by atoms with Crippen LogP contribution in [0.15, 0.2) is 60.7 Å². The Hall–Kier alpha value is -3.03. The van der Waals surface area contributed by atoms with Crippen molar-refractivity contribution in [3.63, 3.8) is 0 Å².